The maximum absolute atomic E-state index is 11.9. The number of carbonyl (C=O) groups is 1. The fraction of sp³-hybridized carbons (Fsp3) is 0.125. The quantitative estimate of drug-likeness (QED) is 0.468. The highest BCUT2D eigenvalue weighted by atomic mass is 32.2. The van der Waals surface area contributed by atoms with Crippen LogP contribution in [0.15, 0.2) is 35.2 Å². The first-order valence-corrected chi connectivity index (χ1v) is 8.85. The number of sulfone groups is 1. The fourth-order valence-electron chi connectivity index (χ4n) is 2.80. The third-order valence-corrected chi connectivity index (χ3v) is 5.00. The molecule has 0 fully saturated rings. The molecule has 0 aliphatic carbocycles. The normalized spacial score (nSPS) is 15.3. The third kappa shape index (κ3) is 2.62. The Kier molecular flexibility index (Phi) is 3.77. The molecule has 1 unspecified atom stereocenters. The van der Waals surface area contributed by atoms with Crippen LogP contribution in [0.2, 0.25) is 0 Å². The van der Waals surface area contributed by atoms with E-state index in [0.29, 0.717) is 11.8 Å². The number of aldehydes is 1. The lowest BCUT2D eigenvalue weighted by Gasteiger charge is -2.25. The molecule has 2 aromatic carbocycles. The minimum atomic E-state index is -3.89. The van der Waals surface area contributed by atoms with E-state index in [0.717, 1.165) is 18.4 Å². The fourth-order valence-corrected chi connectivity index (χ4v) is 3.64. The second-order valence-corrected chi connectivity index (χ2v) is 7.42. The van der Waals surface area contributed by atoms with Crippen molar-refractivity contribution in [1.82, 2.24) is 0 Å². The zero-order chi connectivity index (χ0) is 18.4. The van der Waals surface area contributed by atoms with Gasteiger partial charge in [-0.05, 0) is 12.1 Å². The molecule has 3 rings (SSSR count). The van der Waals surface area contributed by atoms with E-state index in [1.54, 1.807) is 6.07 Å². The van der Waals surface area contributed by atoms with Gasteiger partial charge in [0.25, 0.3) is 5.69 Å². The number of hydrogen-bond donors (Lipinski definition) is 0. The monoisotopic (exact) mass is 358 g/mol. The van der Waals surface area contributed by atoms with Crippen LogP contribution in [0.4, 0.5) is 5.69 Å². The molecule has 0 bridgehead atoms. The van der Waals surface area contributed by atoms with Gasteiger partial charge in [0.1, 0.15) is 22.7 Å². The van der Waals surface area contributed by atoms with Crippen molar-refractivity contribution in [2.45, 2.75) is 10.8 Å². The number of nitriles is 1. The lowest BCUT2D eigenvalue weighted by Crippen LogP contribution is -2.15. The van der Waals surface area contributed by atoms with Gasteiger partial charge in [-0.2, -0.15) is 5.26 Å². The number of nitro groups is 1. The Morgan fingerprint density at radius 3 is 2.60 bits per heavy atom. The first kappa shape index (κ1) is 16.6. The van der Waals surface area contributed by atoms with E-state index in [2.05, 4.69) is 0 Å². The van der Waals surface area contributed by atoms with Gasteiger partial charge in [0, 0.05) is 29.5 Å². The SMILES string of the molecule is CS(=O)(=O)c1cc2c(cc1[N+](=O)[O-])C(C=O)c1c(C#N)cccc1O2. The van der Waals surface area contributed by atoms with Crippen LogP contribution < -0.4 is 4.74 Å². The summed E-state index contributed by atoms with van der Waals surface area (Å²) in [5.74, 6) is -0.704. The molecule has 0 aromatic heterocycles. The molecule has 0 spiro atoms. The van der Waals surface area contributed by atoms with Crippen molar-refractivity contribution in [2.75, 3.05) is 6.26 Å². The summed E-state index contributed by atoms with van der Waals surface area (Å²) >= 11 is 0. The standard InChI is InChI=1S/C16H10N2O6S/c1-25(22,23)15-6-14-10(5-12(15)18(20)21)11(8-19)16-9(7-17)3-2-4-13(16)24-14/h2-6,8,11H,1H3. The maximum atomic E-state index is 11.9. The van der Waals surface area contributed by atoms with Gasteiger partial charge in [-0.15, -0.1) is 0 Å². The molecular formula is C16H10N2O6S. The van der Waals surface area contributed by atoms with Crippen LogP contribution >= 0.6 is 0 Å². The molecule has 0 saturated heterocycles. The molecule has 25 heavy (non-hydrogen) atoms. The minimum absolute atomic E-state index is 0.0331. The number of fused-ring (bicyclic) bond motifs is 2. The van der Waals surface area contributed by atoms with E-state index in [4.69, 9.17) is 4.74 Å². The number of nitrogens with zero attached hydrogens (tertiary/aromatic N) is 2. The van der Waals surface area contributed by atoms with Gasteiger partial charge in [-0.25, -0.2) is 8.42 Å². The summed E-state index contributed by atoms with van der Waals surface area (Å²) < 4.78 is 29.4. The van der Waals surface area contributed by atoms with Gasteiger partial charge in [0.15, 0.2) is 9.84 Å². The second-order valence-electron chi connectivity index (χ2n) is 5.43. The molecule has 1 heterocycles. The zero-order valence-corrected chi connectivity index (χ0v) is 13.6. The molecule has 0 saturated carbocycles. The highest BCUT2D eigenvalue weighted by Gasteiger charge is 2.34. The van der Waals surface area contributed by atoms with Crippen molar-refractivity contribution >= 4 is 21.8 Å². The first-order chi connectivity index (χ1) is 11.8. The summed E-state index contributed by atoms with van der Waals surface area (Å²) in [6.45, 7) is 0. The molecule has 9 heteroatoms. The molecule has 0 N–H and O–H groups in total. The Morgan fingerprint density at radius 1 is 1.32 bits per heavy atom. The van der Waals surface area contributed by atoms with Gasteiger partial charge in [-0.1, -0.05) is 6.07 Å². The molecular weight excluding hydrogens is 348 g/mol. The van der Waals surface area contributed by atoms with Crippen LogP contribution in [0.5, 0.6) is 11.5 Å². The highest BCUT2D eigenvalue weighted by molar-refractivity contribution is 7.90. The predicted molar refractivity (Wildman–Crippen MR) is 85.3 cm³/mol. The maximum Gasteiger partial charge on any atom is 0.288 e. The summed E-state index contributed by atoms with van der Waals surface area (Å²) in [5, 5.41) is 20.5. The molecule has 8 nitrogen and oxygen atoms in total. The summed E-state index contributed by atoms with van der Waals surface area (Å²) in [4.78, 5) is 21.6. The van der Waals surface area contributed by atoms with Crippen molar-refractivity contribution in [1.29, 1.82) is 5.26 Å². The van der Waals surface area contributed by atoms with Gasteiger partial charge in [-0.3, -0.25) is 10.1 Å². The van der Waals surface area contributed by atoms with Crippen molar-refractivity contribution in [3.05, 3.63) is 57.1 Å². The van der Waals surface area contributed by atoms with Crippen LogP contribution in [-0.4, -0.2) is 25.9 Å². The largest absolute Gasteiger partial charge is 0.457 e. The lowest BCUT2D eigenvalue weighted by atomic mass is 9.86. The van der Waals surface area contributed by atoms with E-state index in [1.807, 2.05) is 6.07 Å². The number of benzene rings is 2. The summed E-state index contributed by atoms with van der Waals surface area (Å²) in [5.41, 5.74) is 0.00267. The Bertz CT molecular complexity index is 1070. The topological polar surface area (TPSA) is 127 Å². The van der Waals surface area contributed by atoms with E-state index >= 15 is 0 Å². The Labute approximate surface area is 142 Å². The van der Waals surface area contributed by atoms with Gasteiger partial charge < -0.3 is 9.53 Å². The summed E-state index contributed by atoms with van der Waals surface area (Å²) in [6.07, 6.45) is 1.40. The van der Waals surface area contributed by atoms with Crippen molar-refractivity contribution < 1.29 is 22.9 Å². The molecule has 0 radical (unpaired) electrons. The first-order valence-electron chi connectivity index (χ1n) is 6.96. The Balaban J connectivity index is 2.34. The zero-order valence-electron chi connectivity index (χ0n) is 12.8. The van der Waals surface area contributed by atoms with Crippen molar-refractivity contribution in [2.24, 2.45) is 0 Å². The molecule has 2 aromatic rings. The number of nitro benzene ring substituents is 1. The van der Waals surface area contributed by atoms with E-state index in [9.17, 15) is 28.6 Å². The average Bonchev–Trinajstić information content (AvgIpc) is 2.56. The van der Waals surface area contributed by atoms with Crippen molar-refractivity contribution in [3.63, 3.8) is 0 Å². The smallest absolute Gasteiger partial charge is 0.288 e. The van der Waals surface area contributed by atoms with E-state index < -0.39 is 31.3 Å². The van der Waals surface area contributed by atoms with Crippen LogP contribution in [0.3, 0.4) is 0 Å². The molecule has 1 aliphatic rings. The second kappa shape index (κ2) is 5.68. The van der Waals surface area contributed by atoms with E-state index in [-0.39, 0.29) is 22.6 Å². The minimum Gasteiger partial charge on any atom is -0.457 e. The lowest BCUT2D eigenvalue weighted by molar-refractivity contribution is -0.387. The van der Waals surface area contributed by atoms with Gasteiger partial charge in [0.05, 0.1) is 22.5 Å². The van der Waals surface area contributed by atoms with Crippen LogP contribution in [0.1, 0.15) is 22.6 Å². The van der Waals surface area contributed by atoms with Crippen molar-refractivity contribution in [3.8, 4) is 17.6 Å². The average molecular weight is 358 g/mol. The predicted octanol–water partition coefficient (Wildman–Crippen LogP) is 2.31. The number of rotatable bonds is 3. The van der Waals surface area contributed by atoms with Crippen LogP contribution in [0, 0.1) is 21.4 Å². The summed E-state index contributed by atoms with van der Waals surface area (Å²) in [6, 6.07) is 8.62. The molecule has 126 valence electrons. The van der Waals surface area contributed by atoms with Crippen LogP contribution in [-0.2, 0) is 14.6 Å². The molecule has 1 atom stereocenters. The van der Waals surface area contributed by atoms with Gasteiger partial charge >= 0.3 is 0 Å². The Hall–Kier alpha value is -3.25. The van der Waals surface area contributed by atoms with Crippen LogP contribution in [0.25, 0.3) is 0 Å². The number of carbonyl (C=O) groups excluding carboxylic acids is 1. The number of ether oxygens (including phenoxy) is 1. The summed E-state index contributed by atoms with van der Waals surface area (Å²) in [7, 11) is -3.89. The van der Waals surface area contributed by atoms with Gasteiger partial charge in [0.2, 0.25) is 0 Å². The number of hydrogen-bond acceptors (Lipinski definition) is 7. The molecule has 0 amide bonds. The highest BCUT2D eigenvalue weighted by Crippen LogP contribution is 2.47. The molecule has 1 aliphatic heterocycles. The third-order valence-electron chi connectivity index (χ3n) is 3.88. The Morgan fingerprint density at radius 2 is 2.04 bits per heavy atom. The van der Waals surface area contributed by atoms with E-state index in [1.165, 1.54) is 12.1 Å².